The van der Waals surface area contributed by atoms with Crippen LogP contribution in [0.5, 0.6) is 0 Å². The summed E-state index contributed by atoms with van der Waals surface area (Å²) in [6.45, 7) is 0.293. The summed E-state index contributed by atoms with van der Waals surface area (Å²) in [5, 5.41) is 0. The molecular weight excluding hydrogens is 452 g/mol. The number of carbonyl (C=O) groups excluding carboxylic acids is 2. The molecule has 6 nitrogen and oxygen atoms in total. The summed E-state index contributed by atoms with van der Waals surface area (Å²) >= 11 is 1.53. The van der Waals surface area contributed by atoms with Crippen LogP contribution in [-0.2, 0) is 35.1 Å². The molecule has 4 rings (SSSR count). The summed E-state index contributed by atoms with van der Waals surface area (Å²) in [7, 11) is 3.14. The van der Waals surface area contributed by atoms with Gasteiger partial charge in [0.2, 0.25) is 0 Å². The van der Waals surface area contributed by atoms with E-state index in [2.05, 4.69) is 0 Å². The third-order valence-corrected chi connectivity index (χ3v) is 7.81. The van der Waals surface area contributed by atoms with Crippen molar-refractivity contribution in [3.05, 3.63) is 77.2 Å². The van der Waals surface area contributed by atoms with Gasteiger partial charge < -0.3 is 18.9 Å². The van der Waals surface area contributed by atoms with Gasteiger partial charge in [-0.3, -0.25) is 9.59 Å². The average Bonchev–Trinajstić information content (AvgIpc) is 2.87. The van der Waals surface area contributed by atoms with Crippen molar-refractivity contribution in [2.75, 3.05) is 27.6 Å². The van der Waals surface area contributed by atoms with Crippen molar-refractivity contribution >= 4 is 23.3 Å². The topological polar surface area (TPSA) is 71.1 Å². The monoisotopic (exact) mass is 482 g/mol. The van der Waals surface area contributed by atoms with Crippen molar-refractivity contribution in [2.24, 2.45) is 11.3 Å². The molecule has 0 heterocycles. The van der Waals surface area contributed by atoms with Gasteiger partial charge in [-0.2, -0.15) is 0 Å². The van der Waals surface area contributed by atoms with Gasteiger partial charge in [-0.1, -0.05) is 60.3 Å². The fourth-order valence-corrected chi connectivity index (χ4v) is 5.97. The predicted octanol–water partition coefficient (Wildman–Crippen LogP) is 4.78. The molecule has 0 aromatic heterocycles. The number of allylic oxidation sites excluding steroid dienone is 2. The van der Waals surface area contributed by atoms with Gasteiger partial charge in [-0.25, -0.2) is 0 Å². The number of thioether (sulfide) groups is 1. The number of ether oxygens (including phenoxy) is 4. The van der Waals surface area contributed by atoms with Crippen LogP contribution in [-0.4, -0.2) is 45.0 Å². The molecule has 2 atom stereocenters. The first-order valence-electron chi connectivity index (χ1n) is 11.3. The molecule has 0 N–H and O–H groups in total. The number of methoxy groups -OCH3 is 2. The van der Waals surface area contributed by atoms with Crippen molar-refractivity contribution in [3.8, 4) is 0 Å². The van der Waals surface area contributed by atoms with E-state index in [1.807, 2.05) is 60.7 Å². The zero-order valence-electron chi connectivity index (χ0n) is 19.5. The Bertz CT molecular complexity index is 1020. The van der Waals surface area contributed by atoms with Crippen LogP contribution in [0.4, 0.5) is 0 Å². The van der Waals surface area contributed by atoms with Gasteiger partial charge in [-0.05, 0) is 35.1 Å². The number of fused-ring (bicyclic) bond motifs is 1. The Morgan fingerprint density at radius 3 is 2.29 bits per heavy atom. The van der Waals surface area contributed by atoms with E-state index in [0.29, 0.717) is 19.4 Å². The third-order valence-electron chi connectivity index (χ3n) is 6.75. The molecule has 2 aromatic carbocycles. The van der Waals surface area contributed by atoms with Crippen LogP contribution in [0.25, 0.3) is 0 Å². The van der Waals surface area contributed by atoms with E-state index < -0.39 is 17.1 Å². The maximum Gasteiger partial charge on any atom is 0.172 e. The fourth-order valence-electron chi connectivity index (χ4n) is 4.96. The summed E-state index contributed by atoms with van der Waals surface area (Å²) in [4.78, 5) is 28.9. The maximum absolute atomic E-state index is 13.6. The van der Waals surface area contributed by atoms with E-state index in [9.17, 15) is 9.59 Å². The Morgan fingerprint density at radius 1 is 0.941 bits per heavy atom. The summed E-state index contributed by atoms with van der Waals surface area (Å²) in [6, 6.07) is 19.6. The Kier molecular flexibility index (Phi) is 8.01. The second-order valence-electron chi connectivity index (χ2n) is 8.56. The number of benzene rings is 2. The Balaban J connectivity index is 1.54. The van der Waals surface area contributed by atoms with E-state index in [1.165, 1.54) is 11.8 Å². The lowest BCUT2D eigenvalue weighted by Crippen LogP contribution is -2.63. The average molecular weight is 483 g/mol. The fraction of sp³-hybridized carbons (Fsp3) is 0.407. The summed E-state index contributed by atoms with van der Waals surface area (Å²) in [5.74, 6) is -1.94. The smallest absolute Gasteiger partial charge is 0.172 e. The zero-order chi connectivity index (χ0) is 24.0. The molecule has 0 unspecified atom stereocenters. The van der Waals surface area contributed by atoms with Crippen LogP contribution in [0.3, 0.4) is 0 Å². The van der Waals surface area contributed by atoms with E-state index in [-0.39, 0.29) is 31.4 Å². The lowest BCUT2D eigenvalue weighted by molar-refractivity contribution is -0.275. The van der Waals surface area contributed by atoms with Gasteiger partial charge in [0, 0.05) is 37.9 Å². The second kappa shape index (κ2) is 11.0. The van der Waals surface area contributed by atoms with Gasteiger partial charge in [-0.15, -0.1) is 0 Å². The highest BCUT2D eigenvalue weighted by Crippen LogP contribution is 2.54. The molecular formula is C27H30O6S. The molecule has 180 valence electrons. The molecule has 0 saturated heterocycles. The number of rotatable bonds is 10. The standard InChI is InChI=1S/C27H30O6S/c1-30-27(31-2)14-13-24(28)26(18-33-19-32-17-20-9-5-3-6-10-20)23(27)15-22(16-25(26)29)34-21-11-7-4-8-12-21/h3-12,16,23H,13-15,17-19H2,1-2H3/t23-,26+/m0/s1. The van der Waals surface area contributed by atoms with E-state index in [0.717, 1.165) is 15.4 Å². The maximum atomic E-state index is 13.6. The summed E-state index contributed by atoms with van der Waals surface area (Å²) in [6.07, 6.45) is 2.66. The quantitative estimate of drug-likeness (QED) is 0.274. The zero-order valence-corrected chi connectivity index (χ0v) is 20.3. The number of carbonyl (C=O) groups is 2. The molecule has 1 saturated carbocycles. The SMILES string of the molecule is COC1(OC)CCC(=O)[C@]2(COCOCc3ccccc3)C(=O)C=C(Sc3ccccc3)C[C@H]12. The third kappa shape index (κ3) is 4.90. The Morgan fingerprint density at radius 2 is 1.62 bits per heavy atom. The van der Waals surface area contributed by atoms with Gasteiger partial charge in [0.05, 0.1) is 13.2 Å². The van der Waals surface area contributed by atoms with Crippen LogP contribution in [0, 0.1) is 11.3 Å². The van der Waals surface area contributed by atoms with Crippen molar-refractivity contribution in [1.29, 1.82) is 0 Å². The predicted molar refractivity (Wildman–Crippen MR) is 129 cm³/mol. The lowest BCUT2D eigenvalue weighted by atomic mass is 9.57. The summed E-state index contributed by atoms with van der Waals surface area (Å²) in [5.41, 5.74) is -0.339. The van der Waals surface area contributed by atoms with Gasteiger partial charge in [0.1, 0.15) is 18.0 Å². The first-order valence-corrected chi connectivity index (χ1v) is 12.2. The molecule has 7 heteroatoms. The van der Waals surface area contributed by atoms with Gasteiger partial charge in [0.25, 0.3) is 0 Å². The van der Waals surface area contributed by atoms with Crippen molar-refractivity contribution in [3.63, 3.8) is 0 Å². The second-order valence-corrected chi connectivity index (χ2v) is 9.76. The normalized spacial score (nSPS) is 23.9. The van der Waals surface area contributed by atoms with Crippen LogP contribution >= 0.6 is 11.8 Å². The van der Waals surface area contributed by atoms with E-state index in [1.54, 1.807) is 20.3 Å². The molecule has 0 amide bonds. The molecule has 0 spiro atoms. The molecule has 2 aliphatic rings. The minimum absolute atomic E-state index is 0.0216. The van der Waals surface area contributed by atoms with Crippen LogP contribution in [0.2, 0.25) is 0 Å². The molecule has 2 aromatic rings. The van der Waals surface area contributed by atoms with Crippen LogP contribution in [0.15, 0.2) is 76.5 Å². The lowest BCUT2D eigenvalue weighted by Gasteiger charge is -2.52. The van der Waals surface area contributed by atoms with Crippen LogP contribution in [0.1, 0.15) is 24.8 Å². The molecule has 0 aliphatic heterocycles. The highest BCUT2D eigenvalue weighted by molar-refractivity contribution is 8.03. The largest absolute Gasteiger partial charge is 0.354 e. The minimum atomic E-state index is -1.36. The Labute approximate surface area is 204 Å². The van der Waals surface area contributed by atoms with Crippen molar-refractivity contribution in [1.82, 2.24) is 0 Å². The first kappa shape index (κ1) is 24.8. The summed E-state index contributed by atoms with van der Waals surface area (Å²) < 4.78 is 23.2. The minimum Gasteiger partial charge on any atom is -0.354 e. The van der Waals surface area contributed by atoms with Crippen LogP contribution < -0.4 is 0 Å². The van der Waals surface area contributed by atoms with Crippen molar-refractivity contribution < 1.29 is 28.5 Å². The highest BCUT2D eigenvalue weighted by atomic mass is 32.2. The number of Topliss-reactive ketones (excluding diaryl/α,β-unsaturated/α-hetero) is 1. The Hall–Kier alpha value is -2.29. The van der Waals surface area contributed by atoms with E-state index in [4.69, 9.17) is 18.9 Å². The molecule has 0 radical (unpaired) electrons. The molecule has 34 heavy (non-hydrogen) atoms. The molecule has 1 fully saturated rings. The van der Waals surface area contributed by atoms with Gasteiger partial charge in [0.15, 0.2) is 11.6 Å². The van der Waals surface area contributed by atoms with Gasteiger partial charge >= 0.3 is 0 Å². The molecule has 2 aliphatic carbocycles. The van der Waals surface area contributed by atoms with E-state index >= 15 is 0 Å². The number of hydrogen-bond acceptors (Lipinski definition) is 7. The van der Waals surface area contributed by atoms with Crippen molar-refractivity contribution in [2.45, 2.75) is 36.6 Å². The first-order chi connectivity index (χ1) is 16.5. The highest BCUT2D eigenvalue weighted by Gasteiger charge is 2.64. The number of hydrogen-bond donors (Lipinski definition) is 0. The number of ketones is 2. The molecule has 0 bridgehead atoms.